The molecule has 49 heavy (non-hydrogen) atoms. The van der Waals surface area contributed by atoms with Gasteiger partial charge in [-0.3, -0.25) is 4.90 Å². The van der Waals surface area contributed by atoms with Crippen LogP contribution in [0.15, 0.2) is 40.9 Å². The van der Waals surface area contributed by atoms with Gasteiger partial charge in [-0.25, -0.2) is 8.78 Å². The fraction of sp³-hybridized carbons (Fsp3) is 0.531. The second-order valence-corrected chi connectivity index (χ2v) is 12.3. The molecule has 1 saturated heterocycles. The van der Waals surface area contributed by atoms with Crippen molar-refractivity contribution in [2.45, 2.75) is 89.8 Å². The molecule has 2 aromatic heterocycles. The summed E-state index contributed by atoms with van der Waals surface area (Å²) < 4.78 is 117. The number of tetrazole rings is 1. The van der Waals surface area contributed by atoms with Crippen LogP contribution in [0.5, 0.6) is 0 Å². The highest BCUT2D eigenvalue weighted by molar-refractivity contribution is 5.42. The van der Waals surface area contributed by atoms with E-state index in [4.69, 9.17) is 4.52 Å². The Morgan fingerprint density at radius 2 is 1.55 bits per heavy atom. The molecule has 1 aliphatic rings. The quantitative estimate of drug-likeness (QED) is 0.146. The number of halogens is 8. The molecule has 0 spiro atoms. The zero-order valence-electron chi connectivity index (χ0n) is 27.3. The number of benzene rings is 2. The fourth-order valence-electron chi connectivity index (χ4n) is 6.19. The van der Waals surface area contributed by atoms with Gasteiger partial charge in [0.2, 0.25) is 5.89 Å². The first-order valence-corrected chi connectivity index (χ1v) is 15.8. The van der Waals surface area contributed by atoms with Gasteiger partial charge in [-0.05, 0) is 78.5 Å². The smallest absolute Gasteiger partial charge is 0.339 e. The van der Waals surface area contributed by atoms with Crippen LogP contribution >= 0.6 is 0 Å². The number of nitrogens with zero attached hydrogens (tertiary/aromatic N) is 8. The number of rotatable bonds is 11. The molecule has 1 atom stereocenters. The zero-order chi connectivity index (χ0) is 35.7. The predicted octanol–water partition coefficient (Wildman–Crippen LogP) is 7.84. The molecule has 17 heteroatoms. The van der Waals surface area contributed by atoms with Crippen molar-refractivity contribution >= 4 is 5.95 Å². The minimum Gasteiger partial charge on any atom is -0.339 e. The SMILES string of the molecule is CCc1noc(C2CCN(C(CC)c3ccc(C(C)(F)F)cc3CN(Cc3cc(C(F)(F)F)cc(C(F)(F)F)c3)c3nnn(C)n3)CC2)n1. The van der Waals surface area contributed by atoms with Crippen LogP contribution in [-0.4, -0.2) is 48.3 Å². The summed E-state index contributed by atoms with van der Waals surface area (Å²) in [6.07, 6.45) is -7.43. The van der Waals surface area contributed by atoms with E-state index in [-0.39, 0.29) is 41.6 Å². The van der Waals surface area contributed by atoms with Crippen LogP contribution in [0.3, 0.4) is 0 Å². The highest BCUT2D eigenvalue weighted by atomic mass is 19.4. The molecule has 9 nitrogen and oxygen atoms in total. The molecule has 1 fully saturated rings. The zero-order valence-corrected chi connectivity index (χ0v) is 27.3. The van der Waals surface area contributed by atoms with E-state index in [1.54, 1.807) is 6.07 Å². The molecule has 0 bridgehead atoms. The lowest BCUT2D eigenvalue weighted by molar-refractivity contribution is -0.143. The minimum absolute atomic E-state index is 0.0511. The van der Waals surface area contributed by atoms with Crippen LogP contribution in [0.4, 0.5) is 41.1 Å². The number of aromatic nitrogens is 6. The van der Waals surface area contributed by atoms with Gasteiger partial charge in [-0.15, -0.1) is 5.10 Å². The number of hydrogen-bond acceptors (Lipinski definition) is 8. The number of aryl methyl sites for hydroxylation is 2. The van der Waals surface area contributed by atoms with Crippen LogP contribution in [0.2, 0.25) is 0 Å². The van der Waals surface area contributed by atoms with Crippen molar-refractivity contribution in [3.8, 4) is 0 Å². The van der Waals surface area contributed by atoms with E-state index in [2.05, 4.69) is 30.5 Å². The van der Waals surface area contributed by atoms with Crippen LogP contribution in [0.1, 0.15) is 97.1 Å². The van der Waals surface area contributed by atoms with Gasteiger partial charge in [0, 0.05) is 44.0 Å². The number of alkyl halides is 8. The average Bonchev–Trinajstić information content (AvgIpc) is 3.70. The second kappa shape index (κ2) is 14.0. The molecule has 0 aliphatic carbocycles. The van der Waals surface area contributed by atoms with Crippen molar-refractivity contribution in [1.29, 1.82) is 0 Å². The summed E-state index contributed by atoms with van der Waals surface area (Å²) >= 11 is 0. The molecular weight excluding hydrogens is 664 g/mol. The van der Waals surface area contributed by atoms with Crippen molar-refractivity contribution < 1.29 is 39.6 Å². The molecule has 0 radical (unpaired) electrons. The van der Waals surface area contributed by atoms with Gasteiger partial charge in [0.25, 0.3) is 11.9 Å². The van der Waals surface area contributed by atoms with Crippen LogP contribution in [-0.2, 0) is 44.8 Å². The summed E-state index contributed by atoms with van der Waals surface area (Å²) in [6, 6.07) is 5.34. The maximum Gasteiger partial charge on any atom is 0.416 e. The lowest BCUT2D eigenvalue weighted by atomic mass is 9.90. The summed E-state index contributed by atoms with van der Waals surface area (Å²) in [5.41, 5.74) is -2.48. The molecule has 4 aromatic rings. The van der Waals surface area contributed by atoms with E-state index in [1.807, 2.05) is 13.8 Å². The number of anilines is 1. The first-order chi connectivity index (χ1) is 23.0. The fourth-order valence-corrected chi connectivity index (χ4v) is 6.19. The van der Waals surface area contributed by atoms with Gasteiger partial charge < -0.3 is 9.42 Å². The largest absolute Gasteiger partial charge is 0.416 e. The van der Waals surface area contributed by atoms with Crippen molar-refractivity contribution in [3.05, 3.63) is 81.5 Å². The molecule has 1 aliphatic heterocycles. The Labute approximate surface area is 277 Å². The molecule has 266 valence electrons. The van der Waals surface area contributed by atoms with Gasteiger partial charge in [-0.2, -0.15) is 36.1 Å². The van der Waals surface area contributed by atoms with E-state index in [0.717, 1.165) is 24.6 Å². The summed E-state index contributed by atoms with van der Waals surface area (Å²) in [5.74, 6) is -2.06. The minimum atomic E-state index is -5.05. The maximum atomic E-state index is 14.7. The number of piperidine rings is 1. The lowest BCUT2D eigenvalue weighted by Gasteiger charge is -2.38. The first kappa shape index (κ1) is 36.1. The molecule has 2 aromatic carbocycles. The van der Waals surface area contributed by atoms with Crippen LogP contribution in [0.25, 0.3) is 0 Å². The first-order valence-electron chi connectivity index (χ1n) is 15.8. The van der Waals surface area contributed by atoms with Gasteiger partial charge in [-0.1, -0.05) is 36.2 Å². The van der Waals surface area contributed by atoms with E-state index in [1.165, 1.54) is 24.1 Å². The summed E-state index contributed by atoms with van der Waals surface area (Å²) in [4.78, 5) is 9.11. The molecule has 1 unspecified atom stereocenters. The number of hydrogen-bond donors (Lipinski definition) is 0. The molecular formula is C32H36F8N8O. The third kappa shape index (κ3) is 8.54. The molecule has 5 rings (SSSR count). The topological polar surface area (TPSA) is 89.0 Å². The standard InChI is InChI=1S/C32H36F8N8O/c1-5-26(47-11-9-20(10-12-47)28-41-27(6-2)44-49-28)25-8-7-22(30(3,33)34)15-21(25)18-48(29-42-45-46(4)43-29)17-19-13-23(31(35,36)37)16-24(14-19)32(38,39)40/h7-8,13-16,20,26H,5-6,9-12,17-18H2,1-4H3. The van der Waals surface area contributed by atoms with Crippen LogP contribution < -0.4 is 4.90 Å². The second-order valence-electron chi connectivity index (χ2n) is 12.3. The third-order valence-electron chi connectivity index (χ3n) is 8.68. The van der Waals surface area contributed by atoms with E-state index in [0.29, 0.717) is 60.9 Å². The highest BCUT2D eigenvalue weighted by Gasteiger charge is 2.37. The highest BCUT2D eigenvalue weighted by Crippen LogP contribution is 2.39. The van der Waals surface area contributed by atoms with Gasteiger partial charge in [0.05, 0.1) is 18.2 Å². The van der Waals surface area contributed by atoms with Crippen molar-refractivity contribution in [1.82, 2.24) is 35.2 Å². The summed E-state index contributed by atoms with van der Waals surface area (Å²) in [5, 5.41) is 15.9. The van der Waals surface area contributed by atoms with Gasteiger partial charge >= 0.3 is 12.4 Å². The van der Waals surface area contributed by atoms with Crippen molar-refractivity contribution in [2.75, 3.05) is 18.0 Å². The molecule has 3 heterocycles. The summed E-state index contributed by atoms with van der Waals surface area (Å²) in [6.45, 7) is 5.20. The Morgan fingerprint density at radius 1 is 0.898 bits per heavy atom. The van der Waals surface area contributed by atoms with Crippen molar-refractivity contribution in [2.24, 2.45) is 7.05 Å². The Bertz CT molecular complexity index is 1690. The van der Waals surface area contributed by atoms with Gasteiger partial charge in [0.1, 0.15) is 0 Å². The molecule has 0 saturated carbocycles. The molecule has 0 amide bonds. The predicted molar refractivity (Wildman–Crippen MR) is 161 cm³/mol. The van der Waals surface area contributed by atoms with E-state index >= 15 is 0 Å². The van der Waals surface area contributed by atoms with E-state index < -0.39 is 35.9 Å². The Balaban J connectivity index is 1.51. The van der Waals surface area contributed by atoms with Crippen molar-refractivity contribution in [3.63, 3.8) is 0 Å². The Morgan fingerprint density at radius 3 is 2.06 bits per heavy atom. The lowest BCUT2D eigenvalue weighted by Crippen LogP contribution is -2.37. The number of likely N-dealkylation sites (tertiary alicyclic amines) is 1. The Kier molecular flexibility index (Phi) is 10.3. The molecule has 0 N–H and O–H groups in total. The van der Waals surface area contributed by atoms with Crippen LogP contribution in [0, 0.1) is 0 Å². The summed E-state index contributed by atoms with van der Waals surface area (Å²) in [7, 11) is 1.44. The van der Waals surface area contributed by atoms with Gasteiger partial charge in [0.15, 0.2) is 5.82 Å². The monoisotopic (exact) mass is 700 g/mol. The normalized spacial score (nSPS) is 15.9. The third-order valence-corrected chi connectivity index (χ3v) is 8.68. The Hall–Kier alpha value is -4.15. The van der Waals surface area contributed by atoms with E-state index in [9.17, 15) is 35.1 Å². The maximum absolute atomic E-state index is 14.7. The average molecular weight is 701 g/mol.